The Balaban J connectivity index is 3.27. The highest BCUT2D eigenvalue weighted by Crippen LogP contribution is 1.96. The molecule has 0 amide bonds. The van der Waals surface area contributed by atoms with Crippen molar-refractivity contribution in [3.05, 3.63) is 0 Å². The summed E-state index contributed by atoms with van der Waals surface area (Å²) >= 11 is -1.05. The molecule has 0 radical (unpaired) electrons. The third-order valence-corrected chi connectivity index (χ3v) is 2.16. The molecule has 0 fully saturated rings. The van der Waals surface area contributed by atoms with Crippen LogP contribution in [0.4, 0.5) is 0 Å². The first-order valence-electron chi connectivity index (χ1n) is 3.18. The van der Waals surface area contributed by atoms with E-state index >= 15 is 0 Å². The van der Waals surface area contributed by atoms with Crippen LogP contribution in [0.5, 0.6) is 0 Å². The van der Waals surface area contributed by atoms with Gasteiger partial charge < -0.3 is 0 Å². The van der Waals surface area contributed by atoms with Gasteiger partial charge in [0.05, 0.1) is 12.4 Å². The molecule has 0 bridgehead atoms. The lowest BCUT2D eigenvalue weighted by Gasteiger charge is -2.02. The van der Waals surface area contributed by atoms with Crippen molar-refractivity contribution in [2.24, 2.45) is 5.92 Å². The van der Waals surface area contributed by atoms with E-state index in [9.17, 15) is 4.21 Å². The summed E-state index contributed by atoms with van der Waals surface area (Å²) in [5, 5.41) is 0. The van der Waals surface area contributed by atoms with E-state index < -0.39 is 11.1 Å². The molecule has 0 aliphatic carbocycles. The quantitative estimate of drug-likeness (QED) is 0.604. The van der Waals surface area contributed by atoms with Crippen molar-refractivity contribution in [3.63, 3.8) is 0 Å². The van der Waals surface area contributed by atoms with Gasteiger partial charge in [-0.25, -0.2) is 4.21 Å². The Hall–Kier alpha value is 0.110. The van der Waals surface area contributed by atoms with Crippen LogP contribution in [0.25, 0.3) is 0 Å². The Morgan fingerprint density at radius 2 is 2.11 bits per heavy atom. The molecule has 0 N–H and O–H groups in total. The Labute approximate surface area is 59.3 Å². The van der Waals surface area contributed by atoms with Gasteiger partial charge in [0.25, 0.3) is 0 Å². The Bertz CT molecular complexity index is 91.1. The summed E-state index contributed by atoms with van der Waals surface area (Å²) < 4.78 is 15.6. The summed E-state index contributed by atoms with van der Waals surface area (Å²) in [7, 11) is 0. The van der Waals surface area contributed by atoms with E-state index in [0.29, 0.717) is 18.3 Å². The molecular formula is C6H14O2S. The third-order valence-electron chi connectivity index (χ3n) is 0.719. The Morgan fingerprint density at radius 3 is 2.44 bits per heavy atom. The van der Waals surface area contributed by atoms with E-state index in [2.05, 4.69) is 0 Å². The molecule has 56 valence electrons. The Morgan fingerprint density at radius 1 is 1.56 bits per heavy atom. The molecule has 0 aromatic heterocycles. The summed E-state index contributed by atoms with van der Waals surface area (Å²) in [4.78, 5) is 0. The monoisotopic (exact) mass is 150 g/mol. The van der Waals surface area contributed by atoms with Crippen LogP contribution >= 0.6 is 0 Å². The minimum absolute atomic E-state index is 0.456. The fraction of sp³-hybridized carbons (Fsp3) is 1.00. The first kappa shape index (κ1) is 9.11. The van der Waals surface area contributed by atoms with E-state index in [1.165, 1.54) is 0 Å². The molecule has 0 aromatic carbocycles. The van der Waals surface area contributed by atoms with E-state index in [1.54, 1.807) is 0 Å². The van der Waals surface area contributed by atoms with Crippen LogP contribution in [-0.2, 0) is 15.3 Å². The lowest BCUT2D eigenvalue weighted by molar-refractivity contribution is 0.369. The van der Waals surface area contributed by atoms with Crippen LogP contribution in [-0.4, -0.2) is 16.6 Å². The SMILES string of the molecule is CCOS(=O)CC(C)C. The topological polar surface area (TPSA) is 26.3 Å². The highest BCUT2D eigenvalue weighted by atomic mass is 32.2. The first-order chi connectivity index (χ1) is 4.16. The first-order valence-corrected chi connectivity index (χ1v) is 4.42. The van der Waals surface area contributed by atoms with Gasteiger partial charge in [-0.3, -0.25) is 4.18 Å². The molecule has 0 aliphatic rings. The average Bonchev–Trinajstić information content (AvgIpc) is 1.63. The zero-order chi connectivity index (χ0) is 7.28. The molecule has 3 heteroatoms. The molecule has 0 heterocycles. The summed E-state index contributed by atoms with van der Waals surface area (Å²) in [6.45, 7) is 6.44. The van der Waals surface area contributed by atoms with Crippen LogP contribution < -0.4 is 0 Å². The van der Waals surface area contributed by atoms with E-state index in [4.69, 9.17) is 4.18 Å². The molecule has 1 unspecified atom stereocenters. The predicted octanol–water partition coefficient (Wildman–Crippen LogP) is 1.34. The molecule has 0 aliphatic heterocycles. The molecular weight excluding hydrogens is 136 g/mol. The number of rotatable bonds is 4. The summed E-state index contributed by atoms with van der Waals surface area (Å²) in [6, 6.07) is 0. The van der Waals surface area contributed by atoms with Crippen LogP contribution in [0.2, 0.25) is 0 Å². The average molecular weight is 150 g/mol. The number of hydrogen-bond donors (Lipinski definition) is 0. The summed E-state index contributed by atoms with van der Waals surface area (Å²) in [5.74, 6) is 1.10. The second-order valence-electron chi connectivity index (χ2n) is 2.27. The van der Waals surface area contributed by atoms with Gasteiger partial charge in [0, 0.05) is 0 Å². The predicted molar refractivity (Wildman–Crippen MR) is 39.5 cm³/mol. The second kappa shape index (κ2) is 4.94. The van der Waals surface area contributed by atoms with Crippen LogP contribution in [0, 0.1) is 5.92 Å². The van der Waals surface area contributed by atoms with Gasteiger partial charge in [0.2, 0.25) is 0 Å². The highest BCUT2D eigenvalue weighted by molar-refractivity contribution is 7.80. The minimum Gasteiger partial charge on any atom is -0.291 e. The van der Waals surface area contributed by atoms with Crippen molar-refractivity contribution >= 4 is 11.1 Å². The maximum absolute atomic E-state index is 10.7. The van der Waals surface area contributed by atoms with Crippen LogP contribution in [0.1, 0.15) is 20.8 Å². The van der Waals surface area contributed by atoms with E-state index in [1.807, 2.05) is 20.8 Å². The van der Waals surface area contributed by atoms with E-state index in [0.717, 1.165) is 0 Å². The summed E-state index contributed by atoms with van der Waals surface area (Å²) in [5.41, 5.74) is 0. The maximum atomic E-state index is 10.7. The molecule has 1 atom stereocenters. The molecule has 0 aromatic rings. The smallest absolute Gasteiger partial charge is 0.155 e. The molecule has 0 saturated carbocycles. The molecule has 2 nitrogen and oxygen atoms in total. The lowest BCUT2D eigenvalue weighted by Crippen LogP contribution is -2.06. The van der Waals surface area contributed by atoms with Crippen LogP contribution in [0.15, 0.2) is 0 Å². The second-order valence-corrected chi connectivity index (χ2v) is 3.45. The van der Waals surface area contributed by atoms with Crippen molar-refractivity contribution in [1.82, 2.24) is 0 Å². The summed E-state index contributed by atoms with van der Waals surface area (Å²) in [6.07, 6.45) is 0. The van der Waals surface area contributed by atoms with Gasteiger partial charge in [-0.2, -0.15) is 0 Å². The maximum Gasteiger partial charge on any atom is 0.155 e. The van der Waals surface area contributed by atoms with Crippen molar-refractivity contribution in [2.75, 3.05) is 12.4 Å². The lowest BCUT2D eigenvalue weighted by atomic mass is 10.3. The minimum atomic E-state index is -1.05. The van der Waals surface area contributed by atoms with Crippen molar-refractivity contribution in [1.29, 1.82) is 0 Å². The fourth-order valence-corrected chi connectivity index (χ4v) is 1.36. The molecule has 0 rings (SSSR count). The normalized spacial score (nSPS) is 14.2. The standard InChI is InChI=1S/C6H14O2S/c1-4-8-9(7)5-6(2)3/h6H,4-5H2,1-3H3. The zero-order valence-corrected chi connectivity index (χ0v) is 7.03. The van der Waals surface area contributed by atoms with Crippen molar-refractivity contribution in [2.45, 2.75) is 20.8 Å². The van der Waals surface area contributed by atoms with Gasteiger partial charge in [-0.1, -0.05) is 13.8 Å². The van der Waals surface area contributed by atoms with Gasteiger partial charge in [0.1, 0.15) is 0 Å². The van der Waals surface area contributed by atoms with E-state index in [-0.39, 0.29) is 0 Å². The number of hydrogen-bond acceptors (Lipinski definition) is 2. The third kappa shape index (κ3) is 5.99. The van der Waals surface area contributed by atoms with Gasteiger partial charge in [-0.05, 0) is 12.8 Å². The fourth-order valence-electron chi connectivity index (χ4n) is 0.452. The van der Waals surface area contributed by atoms with Crippen LogP contribution in [0.3, 0.4) is 0 Å². The van der Waals surface area contributed by atoms with Gasteiger partial charge >= 0.3 is 0 Å². The van der Waals surface area contributed by atoms with Crippen molar-refractivity contribution in [3.8, 4) is 0 Å². The van der Waals surface area contributed by atoms with Crippen molar-refractivity contribution < 1.29 is 8.39 Å². The zero-order valence-electron chi connectivity index (χ0n) is 6.22. The molecule has 9 heavy (non-hydrogen) atoms. The van der Waals surface area contributed by atoms with Gasteiger partial charge in [-0.15, -0.1) is 0 Å². The Kier molecular flexibility index (Phi) is 5.00. The highest BCUT2D eigenvalue weighted by Gasteiger charge is 2.00. The van der Waals surface area contributed by atoms with Gasteiger partial charge in [0.15, 0.2) is 11.1 Å². The largest absolute Gasteiger partial charge is 0.291 e. The molecule has 0 saturated heterocycles. The molecule has 0 spiro atoms.